The topological polar surface area (TPSA) is 53.9 Å². The van der Waals surface area contributed by atoms with Crippen LogP contribution < -0.4 is 10.2 Å². The van der Waals surface area contributed by atoms with Crippen LogP contribution in [0.2, 0.25) is 0 Å². The number of aromatic nitrogens is 3. The summed E-state index contributed by atoms with van der Waals surface area (Å²) in [6.45, 7) is 3.30. The Morgan fingerprint density at radius 3 is 2.80 bits per heavy atom. The first-order valence-corrected chi connectivity index (χ1v) is 7.34. The molecule has 1 N–H and O–H groups in total. The van der Waals surface area contributed by atoms with Crippen LogP contribution in [0.3, 0.4) is 0 Å². The maximum atomic E-state index is 4.63. The molecular formula is C15H21N5. The maximum Gasteiger partial charge on any atom is 0.180 e. The highest BCUT2D eigenvalue weighted by Gasteiger charge is 2.19. The molecule has 0 spiro atoms. The van der Waals surface area contributed by atoms with E-state index in [2.05, 4.69) is 31.2 Å². The fourth-order valence-electron chi connectivity index (χ4n) is 2.82. The minimum atomic E-state index is 0.738. The number of anilines is 1. The van der Waals surface area contributed by atoms with Gasteiger partial charge in [0.05, 0.1) is 0 Å². The van der Waals surface area contributed by atoms with E-state index in [9.17, 15) is 0 Å². The Labute approximate surface area is 119 Å². The Kier molecular flexibility index (Phi) is 4.06. The van der Waals surface area contributed by atoms with Crippen LogP contribution in [0, 0.1) is 5.92 Å². The molecular weight excluding hydrogens is 250 g/mol. The Morgan fingerprint density at radius 2 is 2.00 bits per heavy atom. The van der Waals surface area contributed by atoms with Gasteiger partial charge in [0, 0.05) is 25.5 Å². The lowest BCUT2D eigenvalue weighted by molar-refractivity contribution is 0.377. The summed E-state index contributed by atoms with van der Waals surface area (Å²) in [6.07, 6.45) is 7.19. The SMILES string of the molecule is CNCCC1CCN(c2ccc3nccnc3n2)CC1. The fraction of sp³-hybridized carbons (Fsp3) is 0.533. The van der Waals surface area contributed by atoms with Crippen molar-refractivity contribution in [2.24, 2.45) is 5.92 Å². The Hall–Kier alpha value is -1.75. The van der Waals surface area contributed by atoms with Gasteiger partial charge in [0.1, 0.15) is 11.3 Å². The summed E-state index contributed by atoms with van der Waals surface area (Å²) in [4.78, 5) is 15.5. The Balaban J connectivity index is 1.67. The maximum absolute atomic E-state index is 4.63. The molecule has 5 nitrogen and oxygen atoms in total. The minimum absolute atomic E-state index is 0.738. The molecule has 0 saturated carbocycles. The van der Waals surface area contributed by atoms with Crippen LogP contribution in [0.4, 0.5) is 5.82 Å². The summed E-state index contributed by atoms with van der Waals surface area (Å²) in [6, 6.07) is 4.07. The van der Waals surface area contributed by atoms with Gasteiger partial charge in [-0.2, -0.15) is 0 Å². The van der Waals surface area contributed by atoms with Crippen molar-refractivity contribution in [2.45, 2.75) is 19.3 Å². The molecule has 0 atom stereocenters. The molecule has 0 unspecified atom stereocenters. The summed E-state index contributed by atoms with van der Waals surface area (Å²) < 4.78 is 0. The van der Waals surface area contributed by atoms with Crippen LogP contribution in [0.25, 0.3) is 11.2 Å². The molecule has 0 radical (unpaired) electrons. The van der Waals surface area contributed by atoms with Crippen LogP contribution in [0.1, 0.15) is 19.3 Å². The van der Waals surface area contributed by atoms with E-state index in [-0.39, 0.29) is 0 Å². The van der Waals surface area contributed by atoms with Crippen LogP contribution in [0.5, 0.6) is 0 Å². The van der Waals surface area contributed by atoms with Gasteiger partial charge in [0.15, 0.2) is 5.65 Å². The highest BCUT2D eigenvalue weighted by atomic mass is 15.2. The van der Waals surface area contributed by atoms with E-state index < -0.39 is 0 Å². The first-order chi connectivity index (χ1) is 9.86. The van der Waals surface area contributed by atoms with Crippen LogP contribution >= 0.6 is 0 Å². The van der Waals surface area contributed by atoms with Crippen LogP contribution in [0.15, 0.2) is 24.5 Å². The molecule has 5 heteroatoms. The molecule has 0 aliphatic carbocycles. The summed E-state index contributed by atoms with van der Waals surface area (Å²) in [7, 11) is 2.02. The predicted octanol–water partition coefficient (Wildman–Crippen LogP) is 1.85. The number of nitrogens with one attached hydrogen (secondary N) is 1. The summed E-state index contributed by atoms with van der Waals surface area (Å²) in [5.41, 5.74) is 1.60. The highest BCUT2D eigenvalue weighted by Crippen LogP contribution is 2.24. The molecule has 3 rings (SSSR count). The van der Waals surface area contributed by atoms with Crippen molar-refractivity contribution >= 4 is 17.0 Å². The van der Waals surface area contributed by atoms with E-state index in [1.807, 2.05) is 13.1 Å². The molecule has 0 aromatic carbocycles. The van der Waals surface area contributed by atoms with Crippen molar-refractivity contribution in [1.82, 2.24) is 20.3 Å². The van der Waals surface area contributed by atoms with E-state index in [0.29, 0.717) is 0 Å². The van der Waals surface area contributed by atoms with Gasteiger partial charge in [0.25, 0.3) is 0 Å². The van der Waals surface area contributed by atoms with Gasteiger partial charge in [-0.3, -0.25) is 4.98 Å². The quantitative estimate of drug-likeness (QED) is 0.919. The van der Waals surface area contributed by atoms with Crippen molar-refractivity contribution < 1.29 is 0 Å². The molecule has 20 heavy (non-hydrogen) atoms. The second-order valence-electron chi connectivity index (χ2n) is 5.39. The second kappa shape index (κ2) is 6.13. The largest absolute Gasteiger partial charge is 0.357 e. The van der Waals surface area contributed by atoms with Crippen molar-refractivity contribution in [3.05, 3.63) is 24.5 Å². The molecule has 0 amide bonds. The third-order valence-corrected chi connectivity index (χ3v) is 4.06. The van der Waals surface area contributed by atoms with Crippen LogP contribution in [-0.2, 0) is 0 Å². The van der Waals surface area contributed by atoms with Gasteiger partial charge in [-0.25, -0.2) is 9.97 Å². The Morgan fingerprint density at radius 1 is 1.20 bits per heavy atom. The third kappa shape index (κ3) is 2.88. The predicted molar refractivity (Wildman–Crippen MR) is 80.8 cm³/mol. The van der Waals surface area contributed by atoms with E-state index in [0.717, 1.165) is 42.5 Å². The minimum Gasteiger partial charge on any atom is -0.357 e. The third-order valence-electron chi connectivity index (χ3n) is 4.06. The van der Waals surface area contributed by atoms with E-state index >= 15 is 0 Å². The number of rotatable bonds is 4. The van der Waals surface area contributed by atoms with Gasteiger partial charge in [-0.15, -0.1) is 0 Å². The van der Waals surface area contributed by atoms with Gasteiger partial charge < -0.3 is 10.2 Å². The first kappa shape index (κ1) is 13.2. The molecule has 0 bridgehead atoms. The molecule has 2 aromatic heterocycles. The fourth-order valence-corrected chi connectivity index (χ4v) is 2.82. The average Bonchev–Trinajstić information content (AvgIpc) is 2.53. The van der Waals surface area contributed by atoms with Crippen molar-refractivity contribution in [2.75, 3.05) is 31.6 Å². The lowest BCUT2D eigenvalue weighted by Gasteiger charge is -2.32. The normalized spacial score (nSPS) is 16.8. The van der Waals surface area contributed by atoms with Crippen molar-refractivity contribution in [1.29, 1.82) is 0 Å². The molecule has 1 fully saturated rings. The molecule has 106 valence electrons. The molecule has 3 heterocycles. The van der Waals surface area contributed by atoms with Gasteiger partial charge in [-0.05, 0) is 50.9 Å². The highest BCUT2D eigenvalue weighted by molar-refractivity contribution is 5.71. The molecule has 2 aromatic rings. The van der Waals surface area contributed by atoms with Crippen molar-refractivity contribution in [3.8, 4) is 0 Å². The summed E-state index contributed by atoms with van der Waals surface area (Å²) >= 11 is 0. The number of fused-ring (bicyclic) bond motifs is 1. The van der Waals surface area contributed by atoms with E-state index in [4.69, 9.17) is 0 Å². The monoisotopic (exact) mass is 271 g/mol. The molecule has 1 aliphatic heterocycles. The zero-order chi connectivity index (χ0) is 13.8. The number of hydrogen-bond acceptors (Lipinski definition) is 5. The number of pyridine rings is 1. The average molecular weight is 271 g/mol. The molecule has 1 aliphatic rings. The zero-order valence-corrected chi connectivity index (χ0v) is 11.9. The van der Waals surface area contributed by atoms with Gasteiger partial charge in [-0.1, -0.05) is 0 Å². The zero-order valence-electron chi connectivity index (χ0n) is 11.9. The lowest BCUT2D eigenvalue weighted by Crippen LogP contribution is -2.35. The molecule has 1 saturated heterocycles. The van der Waals surface area contributed by atoms with Crippen molar-refractivity contribution in [3.63, 3.8) is 0 Å². The number of nitrogens with zero attached hydrogens (tertiary/aromatic N) is 4. The standard InChI is InChI=1S/C15H21N5/c1-16-7-4-12-5-10-20(11-6-12)14-3-2-13-15(19-14)18-9-8-17-13/h2-3,8-9,12,16H,4-7,10-11H2,1H3. The van der Waals surface area contributed by atoms with E-state index in [1.54, 1.807) is 12.4 Å². The second-order valence-corrected chi connectivity index (χ2v) is 5.39. The number of hydrogen-bond donors (Lipinski definition) is 1. The number of piperidine rings is 1. The van der Waals surface area contributed by atoms with Gasteiger partial charge in [0.2, 0.25) is 0 Å². The van der Waals surface area contributed by atoms with Gasteiger partial charge >= 0.3 is 0 Å². The Bertz CT molecular complexity index is 563. The first-order valence-electron chi connectivity index (χ1n) is 7.34. The van der Waals surface area contributed by atoms with Crippen LogP contribution in [-0.4, -0.2) is 41.6 Å². The van der Waals surface area contributed by atoms with E-state index in [1.165, 1.54) is 19.3 Å². The lowest BCUT2D eigenvalue weighted by atomic mass is 9.93. The summed E-state index contributed by atoms with van der Waals surface area (Å²) in [5.74, 6) is 1.88. The smallest absolute Gasteiger partial charge is 0.180 e. The summed E-state index contributed by atoms with van der Waals surface area (Å²) in [5, 5.41) is 3.24.